The minimum absolute atomic E-state index is 0.0693. The summed E-state index contributed by atoms with van der Waals surface area (Å²) in [7, 11) is 3.19. The van der Waals surface area contributed by atoms with Crippen molar-refractivity contribution in [2.24, 2.45) is 0 Å². The summed E-state index contributed by atoms with van der Waals surface area (Å²) in [6.45, 7) is 3.69. The standard InChI is InChI=1S/C21H26N2O4/c1-15-19(25-2)10-17(11-20(15)26-3)21(24)23(14-18-7-5-9-27-18)13-16-6-4-8-22-12-16/h4,6,8,10-12,18H,5,7,9,13-14H2,1-3H3/t18-/m0/s1. The molecular formula is C21H26N2O4. The fourth-order valence-electron chi connectivity index (χ4n) is 3.36. The third-order valence-corrected chi connectivity index (χ3v) is 4.83. The van der Waals surface area contributed by atoms with Crippen molar-refractivity contribution in [3.63, 3.8) is 0 Å². The Labute approximate surface area is 160 Å². The second-order valence-electron chi connectivity index (χ2n) is 6.69. The maximum atomic E-state index is 13.3. The number of carbonyl (C=O) groups excluding carboxylic acids is 1. The Kier molecular flexibility index (Phi) is 6.29. The second kappa shape index (κ2) is 8.86. The molecule has 0 bridgehead atoms. The highest BCUT2D eigenvalue weighted by atomic mass is 16.5. The summed E-state index contributed by atoms with van der Waals surface area (Å²) in [4.78, 5) is 19.3. The highest BCUT2D eigenvalue weighted by molar-refractivity contribution is 5.95. The first-order chi connectivity index (χ1) is 13.1. The number of hydrogen-bond acceptors (Lipinski definition) is 5. The molecule has 1 aromatic carbocycles. The molecule has 1 saturated heterocycles. The molecule has 0 saturated carbocycles. The SMILES string of the molecule is COc1cc(C(=O)N(Cc2cccnc2)C[C@@H]2CCCO2)cc(OC)c1C. The van der Waals surface area contributed by atoms with E-state index in [1.807, 2.05) is 24.0 Å². The Balaban J connectivity index is 1.89. The summed E-state index contributed by atoms with van der Waals surface area (Å²) in [6.07, 6.45) is 5.58. The molecule has 6 heteroatoms. The minimum atomic E-state index is -0.0778. The predicted molar refractivity (Wildman–Crippen MR) is 102 cm³/mol. The van der Waals surface area contributed by atoms with E-state index in [4.69, 9.17) is 14.2 Å². The van der Waals surface area contributed by atoms with Crippen LogP contribution in [0.15, 0.2) is 36.7 Å². The first-order valence-electron chi connectivity index (χ1n) is 9.14. The molecule has 0 unspecified atom stereocenters. The van der Waals surface area contributed by atoms with Crippen LogP contribution in [0.4, 0.5) is 0 Å². The number of methoxy groups -OCH3 is 2. The van der Waals surface area contributed by atoms with Gasteiger partial charge in [0.1, 0.15) is 11.5 Å². The van der Waals surface area contributed by atoms with Gasteiger partial charge >= 0.3 is 0 Å². The van der Waals surface area contributed by atoms with Crippen molar-refractivity contribution in [1.29, 1.82) is 0 Å². The van der Waals surface area contributed by atoms with E-state index in [9.17, 15) is 4.79 Å². The van der Waals surface area contributed by atoms with Crippen molar-refractivity contribution >= 4 is 5.91 Å². The molecule has 2 aromatic rings. The molecule has 2 heterocycles. The van der Waals surface area contributed by atoms with Crippen LogP contribution in [0.5, 0.6) is 11.5 Å². The van der Waals surface area contributed by atoms with E-state index in [0.29, 0.717) is 30.2 Å². The van der Waals surface area contributed by atoms with E-state index < -0.39 is 0 Å². The van der Waals surface area contributed by atoms with E-state index in [2.05, 4.69) is 4.98 Å². The van der Waals surface area contributed by atoms with Crippen LogP contribution in [-0.4, -0.2) is 49.3 Å². The van der Waals surface area contributed by atoms with Gasteiger partial charge in [0.05, 0.1) is 20.3 Å². The Bertz CT molecular complexity index is 748. The number of ether oxygens (including phenoxy) is 3. The second-order valence-corrected chi connectivity index (χ2v) is 6.69. The molecule has 27 heavy (non-hydrogen) atoms. The molecule has 0 aliphatic carbocycles. The van der Waals surface area contributed by atoms with Gasteiger partial charge in [0.25, 0.3) is 5.91 Å². The van der Waals surface area contributed by atoms with E-state index in [0.717, 1.165) is 30.6 Å². The number of carbonyl (C=O) groups is 1. The van der Waals surface area contributed by atoms with Crippen LogP contribution >= 0.6 is 0 Å². The Morgan fingerprint density at radius 2 is 2.04 bits per heavy atom. The van der Waals surface area contributed by atoms with E-state index in [-0.39, 0.29) is 12.0 Å². The maximum Gasteiger partial charge on any atom is 0.254 e. The van der Waals surface area contributed by atoms with Crippen LogP contribution in [-0.2, 0) is 11.3 Å². The summed E-state index contributed by atoms with van der Waals surface area (Å²) in [5, 5.41) is 0. The number of pyridine rings is 1. The summed E-state index contributed by atoms with van der Waals surface area (Å²) < 4.78 is 16.6. The summed E-state index contributed by atoms with van der Waals surface area (Å²) in [5.74, 6) is 1.19. The molecule has 0 spiro atoms. The molecule has 1 atom stereocenters. The zero-order valence-corrected chi connectivity index (χ0v) is 16.1. The smallest absolute Gasteiger partial charge is 0.254 e. The quantitative estimate of drug-likeness (QED) is 0.749. The Morgan fingerprint density at radius 3 is 2.59 bits per heavy atom. The summed E-state index contributed by atoms with van der Waals surface area (Å²) in [5.41, 5.74) is 2.39. The zero-order chi connectivity index (χ0) is 19.2. The van der Waals surface area contributed by atoms with Crippen molar-refractivity contribution in [2.75, 3.05) is 27.4 Å². The Hall–Kier alpha value is -2.60. The molecule has 144 valence electrons. The molecule has 1 fully saturated rings. The van der Waals surface area contributed by atoms with Gasteiger partial charge in [-0.15, -0.1) is 0 Å². The van der Waals surface area contributed by atoms with Crippen LogP contribution in [0.25, 0.3) is 0 Å². The van der Waals surface area contributed by atoms with Gasteiger partial charge in [-0.2, -0.15) is 0 Å². The summed E-state index contributed by atoms with van der Waals surface area (Å²) >= 11 is 0. The van der Waals surface area contributed by atoms with Gasteiger partial charge < -0.3 is 19.1 Å². The zero-order valence-electron chi connectivity index (χ0n) is 16.1. The molecule has 6 nitrogen and oxygen atoms in total. The predicted octanol–water partition coefficient (Wildman–Crippen LogP) is 3.23. The lowest BCUT2D eigenvalue weighted by Crippen LogP contribution is -2.37. The number of hydrogen-bond donors (Lipinski definition) is 0. The largest absolute Gasteiger partial charge is 0.496 e. The molecule has 0 radical (unpaired) electrons. The van der Waals surface area contributed by atoms with Crippen LogP contribution in [0.2, 0.25) is 0 Å². The molecular weight excluding hydrogens is 344 g/mol. The molecule has 1 aliphatic heterocycles. The third-order valence-electron chi connectivity index (χ3n) is 4.83. The lowest BCUT2D eigenvalue weighted by atomic mass is 10.1. The average molecular weight is 370 g/mol. The fraction of sp³-hybridized carbons (Fsp3) is 0.429. The lowest BCUT2D eigenvalue weighted by molar-refractivity contribution is 0.0506. The van der Waals surface area contributed by atoms with Gasteiger partial charge in [-0.1, -0.05) is 6.07 Å². The number of benzene rings is 1. The normalized spacial score (nSPS) is 16.2. The number of amides is 1. The molecule has 1 amide bonds. The first kappa shape index (κ1) is 19.2. The van der Waals surface area contributed by atoms with Crippen LogP contribution < -0.4 is 9.47 Å². The van der Waals surface area contributed by atoms with Gasteiger partial charge in [0, 0.05) is 43.2 Å². The fourth-order valence-corrected chi connectivity index (χ4v) is 3.36. The average Bonchev–Trinajstić information content (AvgIpc) is 3.21. The van der Waals surface area contributed by atoms with Gasteiger partial charge in [0.2, 0.25) is 0 Å². The lowest BCUT2D eigenvalue weighted by Gasteiger charge is -2.26. The highest BCUT2D eigenvalue weighted by Gasteiger charge is 2.25. The van der Waals surface area contributed by atoms with Crippen molar-refractivity contribution < 1.29 is 19.0 Å². The van der Waals surface area contributed by atoms with Crippen LogP contribution in [0, 0.1) is 6.92 Å². The number of rotatable bonds is 7. The summed E-state index contributed by atoms with van der Waals surface area (Å²) in [6, 6.07) is 7.39. The van der Waals surface area contributed by atoms with Gasteiger partial charge in [-0.3, -0.25) is 9.78 Å². The third kappa shape index (κ3) is 4.57. The van der Waals surface area contributed by atoms with E-state index >= 15 is 0 Å². The highest BCUT2D eigenvalue weighted by Crippen LogP contribution is 2.30. The molecule has 0 N–H and O–H groups in total. The molecule has 3 rings (SSSR count). The minimum Gasteiger partial charge on any atom is -0.496 e. The van der Waals surface area contributed by atoms with Crippen molar-refractivity contribution in [3.8, 4) is 11.5 Å². The first-order valence-corrected chi connectivity index (χ1v) is 9.14. The van der Waals surface area contributed by atoms with Gasteiger partial charge in [-0.25, -0.2) is 0 Å². The van der Waals surface area contributed by atoms with Crippen LogP contribution in [0.3, 0.4) is 0 Å². The van der Waals surface area contributed by atoms with Crippen molar-refractivity contribution in [3.05, 3.63) is 53.3 Å². The maximum absolute atomic E-state index is 13.3. The molecule has 1 aromatic heterocycles. The van der Waals surface area contributed by atoms with Gasteiger partial charge in [-0.05, 0) is 43.5 Å². The topological polar surface area (TPSA) is 60.9 Å². The monoisotopic (exact) mass is 370 g/mol. The molecule has 1 aliphatic rings. The van der Waals surface area contributed by atoms with E-state index in [1.165, 1.54) is 0 Å². The van der Waals surface area contributed by atoms with Crippen LogP contribution in [0.1, 0.15) is 34.3 Å². The number of aromatic nitrogens is 1. The van der Waals surface area contributed by atoms with E-state index in [1.54, 1.807) is 38.7 Å². The van der Waals surface area contributed by atoms with Gasteiger partial charge in [0.15, 0.2) is 0 Å². The van der Waals surface area contributed by atoms with Crippen molar-refractivity contribution in [2.45, 2.75) is 32.4 Å². The number of nitrogens with zero attached hydrogens (tertiary/aromatic N) is 2. The van der Waals surface area contributed by atoms with Crippen molar-refractivity contribution in [1.82, 2.24) is 9.88 Å². The Morgan fingerprint density at radius 1 is 1.30 bits per heavy atom.